The van der Waals surface area contributed by atoms with Gasteiger partial charge in [-0.25, -0.2) is 0 Å². The normalized spacial score (nSPS) is 17.9. The number of hydrazine groups is 2. The van der Waals surface area contributed by atoms with Gasteiger partial charge in [0, 0.05) is 19.0 Å². The second kappa shape index (κ2) is 5.88. The summed E-state index contributed by atoms with van der Waals surface area (Å²) >= 11 is 0. The molecule has 0 bridgehead atoms. The molecule has 4 heteroatoms. The Morgan fingerprint density at radius 1 is 1.50 bits per heavy atom. The number of nitrogens with zero attached hydrogens (tertiary/aromatic N) is 1. The van der Waals surface area contributed by atoms with Crippen LogP contribution in [0.4, 0.5) is 0 Å². The SMILES string of the molecule is CCCC(COC)N1C=C(CC)NN1. The van der Waals surface area contributed by atoms with Crippen LogP contribution in [0.3, 0.4) is 0 Å². The van der Waals surface area contributed by atoms with Gasteiger partial charge in [-0.2, -0.15) is 0 Å². The predicted molar refractivity (Wildman–Crippen MR) is 57.1 cm³/mol. The molecule has 0 spiro atoms. The van der Waals surface area contributed by atoms with Crippen LogP contribution in [0.25, 0.3) is 0 Å². The molecule has 4 nitrogen and oxygen atoms in total. The molecule has 0 aromatic rings. The summed E-state index contributed by atoms with van der Waals surface area (Å²) in [6.07, 6.45) is 5.45. The lowest BCUT2D eigenvalue weighted by Crippen LogP contribution is -2.45. The van der Waals surface area contributed by atoms with E-state index in [2.05, 4.69) is 36.0 Å². The van der Waals surface area contributed by atoms with Gasteiger partial charge in [0.25, 0.3) is 0 Å². The highest BCUT2D eigenvalue weighted by atomic mass is 16.5. The first-order chi connectivity index (χ1) is 6.81. The molecule has 1 aliphatic rings. The van der Waals surface area contributed by atoms with Crippen LogP contribution in [-0.4, -0.2) is 24.8 Å². The molecular formula is C10H21N3O. The number of hydrogen-bond donors (Lipinski definition) is 2. The molecule has 0 aromatic carbocycles. The van der Waals surface area contributed by atoms with Gasteiger partial charge in [0.15, 0.2) is 0 Å². The monoisotopic (exact) mass is 199 g/mol. The van der Waals surface area contributed by atoms with Crippen LogP contribution in [0.1, 0.15) is 33.1 Å². The quantitative estimate of drug-likeness (QED) is 0.677. The smallest absolute Gasteiger partial charge is 0.0699 e. The zero-order valence-electron chi connectivity index (χ0n) is 9.34. The van der Waals surface area contributed by atoms with Crippen molar-refractivity contribution in [3.63, 3.8) is 0 Å². The Labute approximate surface area is 86.2 Å². The van der Waals surface area contributed by atoms with Crippen molar-refractivity contribution < 1.29 is 4.74 Å². The third kappa shape index (κ3) is 2.89. The minimum Gasteiger partial charge on any atom is -0.382 e. The van der Waals surface area contributed by atoms with Crippen LogP contribution >= 0.6 is 0 Å². The third-order valence-electron chi connectivity index (χ3n) is 2.40. The number of rotatable bonds is 6. The molecule has 14 heavy (non-hydrogen) atoms. The number of nitrogens with one attached hydrogen (secondary N) is 2. The molecule has 82 valence electrons. The van der Waals surface area contributed by atoms with Crippen LogP contribution in [0, 0.1) is 0 Å². The van der Waals surface area contributed by atoms with Gasteiger partial charge in [0.2, 0.25) is 0 Å². The van der Waals surface area contributed by atoms with E-state index in [0.29, 0.717) is 6.04 Å². The van der Waals surface area contributed by atoms with Gasteiger partial charge in [0.1, 0.15) is 0 Å². The number of ether oxygens (including phenoxy) is 1. The standard InChI is InChI=1S/C10H21N3O/c1-4-6-10(8-14-3)13-7-9(5-2)11-12-13/h7,10-12H,4-6,8H2,1-3H3. The molecule has 0 aromatic heterocycles. The zero-order chi connectivity index (χ0) is 10.4. The predicted octanol–water partition coefficient (Wildman–Crippen LogP) is 1.38. The van der Waals surface area contributed by atoms with Crippen molar-refractivity contribution in [1.82, 2.24) is 16.0 Å². The summed E-state index contributed by atoms with van der Waals surface area (Å²) in [4.78, 5) is 0. The van der Waals surface area contributed by atoms with Crippen LogP contribution in [-0.2, 0) is 4.74 Å². The first kappa shape index (κ1) is 11.3. The molecule has 0 aliphatic carbocycles. The first-order valence-electron chi connectivity index (χ1n) is 5.31. The lowest BCUT2D eigenvalue weighted by molar-refractivity contribution is 0.0851. The van der Waals surface area contributed by atoms with Gasteiger partial charge < -0.3 is 10.2 Å². The van der Waals surface area contributed by atoms with E-state index in [4.69, 9.17) is 4.74 Å². The molecule has 1 rings (SSSR count). The van der Waals surface area contributed by atoms with Crippen molar-refractivity contribution in [3.05, 3.63) is 11.9 Å². The van der Waals surface area contributed by atoms with E-state index in [1.807, 2.05) is 0 Å². The summed E-state index contributed by atoms with van der Waals surface area (Å²) in [5.74, 6) is 0. The van der Waals surface area contributed by atoms with Gasteiger partial charge in [-0.15, -0.1) is 5.53 Å². The zero-order valence-corrected chi connectivity index (χ0v) is 9.34. The molecule has 2 N–H and O–H groups in total. The van der Waals surface area contributed by atoms with Crippen molar-refractivity contribution in [2.24, 2.45) is 0 Å². The van der Waals surface area contributed by atoms with Crippen LogP contribution in [0.5, 0.6) is 0 Å². The Kier molecular flexibility index (Phi) is 4.76. The highest BCUT2D eigenvalue weighted by Crippen LogP contribution is 2.11. The fourth-order valence-corrected chi connectivity index (χ4v) is 1.57. The van der Waals surface area contributed by atoms with E-state index in [1.54, 1.807) is 7.11 Å². The molecule has 0 saturated carbocycles. The van der Waals surface area contributed by atoms with Crippen molar-refractivity contribution in [2.45, 2.75) is 39.2 Å². The van der Waals surface area contributed by atoms with Gasteiger partial charge in [-0.3, -0.25) is 5.01 Å². The van der Waals surface area contributed by atoms with Crippen molar-refractivity contribution in [3.8, 4) is 0 Å². The molecule has 0 saturated heterocycles. The highest BCUT2D eigenvalue weighted by molar-refractivity contribution is 5.02. The minimum absolute atomic E-state index is 0.418. The molecule has 1 unspecified atom stereocenters. The summed E-state index contributed by atoms with van der Waals surface area (Å²) in [6.45, 7) is 5.09. The molecular weight excluding hydrogens is 178 g/mol. The van der Waals surface area contributed by atoms with E-state index >= 15 is 0 Å². The first-order valence-corrected chi connectivity index (χ1v) is 5.31. The molecule has 0 radical (unpaired) electrons. The van der Waals surface area contributed by atoms with Gasteiger partial charge in [-0.05, 0) is 12.8 Å². The summed E-state index contributed by atoms with van der Waals surface area (Å²) in [7, 11) is 1.75. The van der Waals surface area contributed by atoms with Gasteiger partial charge >= 0.3 is 0 Å². The number of methoxy groups -OCH3 is 1. The van der Waals surface area contributed by atoms with E-state index in [0.717, 1.165) is 19.4 Å². The van der Waals surface area contributed by atoms with Gasteiger partial charge in [0.05, 0.1) is 12.6 Å². The van der Waals surface area contributed by atoms with Crippen LogP contribution in [0.15, 0.2) is 11.9 Å². The maximum absolute atomic E-state index is 5.20. The molecule has 0 fully saturated rings. The fraction of sp³-hybridized carbons (Fsp3) is 0.800. The molecule has 0 amide bonds. The largest absolute Gasteiger partial charge is 0.382 e. The molecule has 1 heterocycles. The highest BCUT2D eigenvalue weighted by Gasteiger charge is 2.18. The number of hydrogen-bond acceptors (Lipinski definition) is 4. The Morgan fingerprint density at radius 2 is 2.29 bits per heavy atom. The van der Waals surface area contributed by atoms with Crippen LogP contribution in [0.2, 0.25) is 0 Å². The Hall–Kier alpha value is -0.740. The van der Waals surface area contributed by atoms with E-state index < -0.39 is 0 Å². The molecule has 1 atom stereocenters. The van der Waals surface area contributed by atoms with E-state index in [9.17, 15) is 0 Å². The maximum Gasteiger partial charge on any atom is 0.0699 e. The Balaban J connectivity index is 2.47. The second-order valence-corrected chi connectivity index (χ2v) is 3.55. The van der Waals surface area contributed by atoms with Crippen LogP contribution < -0.4 is 11.0 Å². The lowest BCUT2D eigenvalue weighted by atomic mass is 10.2. The third-order valence-corrected chi connectivity index (χ3v) is 2.40. The second-order valence-electron chi connectivity index (χ2n) is 3.55. The summed E-state index contributed by atoms with van der Waals surface area (Å²) in [6, 6.07) is 0.418. The van der Waals surface area contributed by atoms with Gasteiger partial charge in [-0.1, -0.05) is 20.3 Å². The maximum atomic E-state index is 5.20. The summed E-state index contributed by atoms with van der Waals surface area (Å²) < 4.78 is 5.20. The topological polar surface area (TPSA) is 36.5 Å². The Morgan fingerprint density at radius 3 is 2.79 bits per heavy atom. The van der Waals surface area contributed by atoms with E-state index in [-0.39, 0.29) is 0 Å². The lowest BCUT2D eigenvalue weighted by Gasteiger charge is -2.26. The van der Waals surface area contributed by atoms with E-state index in [1.165, 1.54) is 12.1 Å². The summed E-state index contributed by atoms with van der Waals surface area (Å²) in [5.41, 5.74) is 7.50. The summed E-state index contributed by atoms with van der Waals surface area (Å²) in [5, 5.41) is 2.10. The molecule has 1 aliphatic heterocycles. The van der Waals surface area contributed by atoms with Crippen molar-refractivity contribution in [2.75, 3.05) is 13.7 Å². The van der Waals surface area contributed by atoms with Crippen molar-refractivity contribution >= 4 is 0 Å². The fourth-order valence-electron chi connectivity index (χ4n) is 1.57. The average Bonchev–Trinajstić information content (AvgIpc) is 2.65. The average molecular weight is 199 g/mol. The van der Waals surface area contributed by atoms with Crippen molar-refractivity contribution in [1.29, 1.82) is 0 Å². The minimum atomic E-state index is 0.418. The Bertz CT molecular complexity index is 188. The number of allylic oxidation sites excluding steroid dienone is 1.